The zero-order valence-electron chi connectivity index (χ0n) is 11.7. The molecule has 0 heterocycles. The van der Waals surface area contributed by atoms with Crippen LogP contribution in [-0.4, -0.2) is 0 Å². The second-order valence-electron chi connectivity index (χ2n) is 5.80. The molecule has 1 atom stereocenters. The van der Waals surface area contributed by atoms with E-state index in [0.29, 0.717) is 0 Å². The molecule has 0 aliphatic rings. The highest BCUT2D eigenvalue weighted by atomic mass is 79.9. The van der Waals surface area contributed by atoms with Crippen LogP contribution in [0.1, 0.15) is 36.7 Å². The van der Waals surface area contributed by atoms with Crippen LogP contribution in [0.4, 0.5) is 0 Å². The number of alkyl halides is 1. The van der Waals surface area contributed by atoms with Gasteiger partial charge in [0, 0.05) is 5.92 Å². The van der Waals surface area contributed by atoms with Crippen LogP contribution in [0.15, 0.2) is 60.7 Å². The summed E-state index contributed by atoms with van der Waals surface area (Å²) in [6.45, 7) is 6.81. The maximum atomic E-state index is 3.89. The molecular weight excluding hydrogens is 296 g/mol. The summed E-state index contributed by atoms with van der Waals surface area (Å²) >= 11 is 3.89. The van der Waals surface area contributed by atoms with Crippen LogP contribution in [0.3, 0.4) is 0 Å². The fourth-order valence-electron chi connectivity index (χ4n) is 2.37. The highest BCUT2D eigenvalue weighted by molar-refractivity contribution is 9.09. The fourth-order valence-corrected chi connectivity index (χ4v) is 3.62. The Kier molecular flexibility index (Phi) is 4.46. The first kappa shape index (κ1) is 14.3. The molecule has 0 spiro atoms. The molecule has 2 rings (SSSR count). The molecule has 99 valence electrons. The zero-order chi connectivity index (χ0) is 13.9. The fraction of sp³-hybridized carbons (Fsp3) is 0.278. The molecule has 1 heteroatoms. The predicted molar refractivity (Wildman–Crippen MR) is 86.4 cm³/mol. The molecule has 1 radical (unpaired) electrons. The number of hydrogen-bond acceptors (Lipinski definition) is 0. The van der Waals surface area contributed by atoms with E-state index in [2.05, 4.69) is 97.4 Å². The van der Waals surface area contributed by atoms with Gasteiger partial charge in [0.2, 0.25) is 0 Å². The Labute approximate surface area is 125 Å². The largest absolute Gasteiger partial charge is 0.0828 e. The quantitative estimate of drug-likeness (QED) is 0.629. The van der Waals surface area contributed by atoms with Crippen molar-refractivity contribution in [3.05, 3.63) is 77.7 Å². The molecule has 0 aliphatic heterocycles. The van der Waals surface area contributed by atoms with Crippen molar-refractivity contribution in [2.45, 2.75) is 25.6 Å². The third kappa shape index (κ3) is 3.48. The Morgan fingerprint density at radius 3 is 1.79 bits per heavy atom. The van der Waals surface area contributed by atoms with E-state index in [1.54, 1.807) is 0 Å². The summed E-state index contributed by atoms with van der Waals surface area (Å²) in [6, 6.07) is 21.2. The Morgan fingerprint density at radius 2 is 1.32 bits per heavy atom. The Bertz CT molecular complexity index is 496. The lowest BCUT2D eigenvalue weighted by Crippen LogP contribution is -2.23. The van der Waals surface area contributed by atoms with Crippen molar-refractivity contribution in [2.24, 2.45) is 5.41 Å². The lowest BCUT2D eigenvalue weighted by Gasteiger charge is -2.34. The maximum absolute atomic E-state index is 3.89. The molecule has 19 heavy (non-hydrogen) atoms. The van der Waals surface area contributed by atoms with E-state index in [-0.39, 0.29) is 10.2 Å². The van der Waals surface area contributed by atoms with E-state index >= 15 is 0 Å². The van der Waals surface area contributed by atoms with Crippen molar-refractivity contribution < 1.29 is 0 Å². The SMILES string of the molecule is CC(C)(C)[C](c1ccccc1)C(Br)c1ccccc1. The lowest BCUT2D eigenvalue weighted by molar-refractivity contribution is 0.434. The van der Waals surface area contributed by atoms with Gasteiger partial charge in [0.15, 0.2) is 0 Å². The van der Waals surface area contributed by atoms with Crippen molar-refractivity contribution in [1.29, 1.82) is 0 Å². The normalized spacial score (nSPS) is 13.5. The number of benzene rings is 2. The van der Waals surface area contributed by atoms with E-state index in [4.69, 9.17) is 0 Å². The minimum atomic E-state index is 0.116. The number of rotatable bonds is 3. The summed E-state index contributed by atoms with van der Waals surface area (Å²) in [7, 11) is 0. The molecule has 0 saturated carbocycles. The average Bonchev–Trinajstić information content (AvgIpc) is 2.39. The van der Waals surface area contributed by atoms with E-state index in [1.807, 2.05) is 0 Å². The van der Waals surface area contributed by atoms with Crippen LogP contribution in [-0.2, 0) is 0 Å². The number of halogens is 1. The predicted octanol–water partition coefficient (Wildman–Crippen LogP) is 5.79. The van der Waals surface area contributed by atoms with Gasteiger partial charge >= 0.3 is 0 Å². The number of hydrogen-bond donors (Lipinski definition) is 0. The maximum Gasteiger partial charge on any atom is 0.0506 e. The van der Waals surface area contributed by atoms with Gasteiger partial charge in [-0.2, -0.15) is 0 Å². The summed E-state index contributed by atoms with van der Waals surface area (Å²) in [4.78, 5) is 0.246. The zero-order valence-corrected chi connectivity index (χ0v) is 13.3. The highest BCUT2D eigenvalue weighted by Crippen LogP contribution is 2.47. The molecule has 0 aliphatic carbocycles. The monoisotopic (exact) mass is 315 g/mol. The molecule has 0 saturated heterocycles. The van der Waals surface area contributed by atoms with Crippen LogP contribution < -0.4 is 0 Å². The van der Waals surface area contributed by atoms with Gasteiger partial charge in [-0.05, 0) is 16.5 Å². The molecular formula is C18H20Br. The Morgan fingerprint density at radius 1 is 0.842 bits per heavy atom. The molecule has 2 aromatic carbocycles. The molecule has 0 nitrogen and oxygen atoms in total. The minimum absolute atomic E-state index is 0.116. The van der Waals surface area contributed by atoms with Gasteiger partial charge in [0.1, 0.15) is 0 Å². The highest BCUT2D eigenvalue weighted by Gasteiger charge is 2.33. The smallest absolute Gasteiger partial charge is 0.0506 e. The van der Waals surface area contributed by atoms with Crippen LogP contribution in [0.25, 0.3) is 0 Å². The van der Waals surface area contributed by atoms with Gasteiger partial charge in [-0.1, -0.05) is 97.4 Å². The standard InChI is InChI=1S/C18H20Br/c1-18(2,3)16(14-10-6-4-7-11-14)17(19)15-12-8-5-9-13-15/h4-13,17H,1-3H3. The first-order valence-corrected chi connectivity index (χ1v) is 7.53. The first-order chi connectivity index (χ1) is 9.00. The molecule has 0 aromatic heterocycles. The summed E-state index contributed by atoms with van der Waals surface area (Å²) in [5, 5.41) is 0. The third-order valence-corrected chi connectivity index (χ3v) is 4.22. The summed E-state index contributed by atoms with van der Waals surface area (Å²) in [5.41, 5.74) is 2.72. The van der Waals surface area contributed by atoms with Crippen molar-refractivity contribution in [3.63, 3.8) is 0 Å². The first-order valence-electron chi connectivity index (χ1n) is 6.62. The van der Waals surface area contributed by atoms with Crippen LogP contribution >= 0.6 is 15.9 Å². The second kappa shape index (κ2) is 5.92. The van der Waals surface area contributed by atoms with Crippen molar-refractivity contribution in [3.8, 4) is 0 Å². The van der Waals surface area contributed by atoms with Gasteiger partial charge in [0.25, 0.3) is 0 Å². The lowest BCUT2D eigenvalue weighted by atomic mass is 9.73. The molecule has 2 aromatic rings. The molecule has 0 N–H and O–H groups in total. The van der Waals surface area contributed by atoms with E-state index in [0.717, 1.165) is 0 Å². The molecule has 0 fully saturated rings. The van der Waals surface area contributed by atoms with Crippen LogP contribution in [0.5, 0.6) is 0 Å². The van der Waals surface area contributed by atoms with E-state index < -0.39 is 0 Å². The van der Waals surface area contributed by atoms with Crippen molar-refractivity contribution in [2.75, 3.05) is 0 Å². The molecule has 0 amide bonds. The van der Waals surface area contributed by atoms with E-state index in [9.17, 15) is 0 Å². The van der Waals surface area contributed by atoms with Crippen LogP contribution in [0, 0.1) is 11.3 Å². The molecule has 0 bridgehead atoms. The Hall–Kier alpha value is -1.08. The summed E-state index contributed by atoms with van der Waals surface area (Å²) in [5.74, 6) is 1.42. The van der Waals surface area contributed by atoms with Crippen molar-refractivity contribution >= 4 is 15.9 Å². The average molecular weight is 316 g/mol. The van der Waals surface area contributed by atoms with Gasteiger partial charge < -0.3 is 0 Å². The third-order valence-electron chi connectivity index (χ3n) is 3.24. The van der Waals surface area contributed by atoms with Gasteiger partial charge in [-0.3, -0.25) is 0 Å². The van der Waals surface area contributed by atoms with Crippen molar-refractivity contribution in [1.82, 2.24) is 0 Å². The van der Waals surface area contributed by atoms with Gasteiger partial charge in [0.05, 0.1) is 4.83 Å². The summed E-state index contributed by atoms with van der Waals surface area (Å²) < 4.78 is 0. The summed E-state index contributed by atoms with van der Waals surface area (Å²) in [6.07, 6.45) is 0. The molecule has 1 unspecified atom stereocenters. The topological polar surface area (TPSA) is 0 Å². The second-order valence-corrected chi connectivity index (χ2v) is 6.72. The Balaban J connectivity index is 2.40. The van der Waals surface area contributed by atoms with Gasteiger partial charge in [-0.15, -0.1) is 0 Å². The minimum Gasteiger partial charge on any atom is -0.0828 e. The van der Waals surface area contributed by atoms with E-state index in [1.165, 1.54) is 17.0 Å². The van der Waals surface area contributed by atoms with Gasteiger partial charge in [-0.25, -0.2) is 0 Å². The van der Waals surface area contributed by atoms with Crippen LogP contribution in [0.2, 0.25) is 0 Å².